The normalized spacial score (nSPS) is 18.7. The van der Waals surface area contributed by atoms with Crippen LogP contribution < -0.4 is 14.4 Å². The van der Waals surface area contributed by atoms with Gasteiger partial charge in [0.15, 0.2) is 0 Å². The summed E-state index contributed by atoms with van der Waals surface area (Å²) < 4.78 is 9.63. The first kappa shape index (κ1) is 14.9. The summed E-state index contributed by atoms with van der Waals surface area (Å²) in [6.07, 6.45) is 6.42. The summed E-state index contributed by atoms with van der Waals surface area (Å²) in [6, 6.07) is 14.4. The fraction of sp³-hybridized carbons (Fsp3) is 0.211. The molecule has 1 unspecified atom stereocenters. The van der Waals surface area contributed by atoms with Gasteiger partial charge < -0.3 is 14.6 Å². The molecule has 1 aromatic heterocycles. The molecule has 0 aliphatic carbocycles. The second-order valence-electron chi connectivity index (χ2n) is 6.30. The fourth-order valence-electron chi connectivity index (χ4n) is 3.46. The number of nitrogens with one attached hydrogen (secondary N) is 2. The van der Waals surface area contributed by atoms with E-state index in [4.69, 9.17) is 4.74 Å². The molecule has 2 aliphatic heterocycles. The minimum absolute atomic E-state index is 0.468. The Balaban J connectivity index is 1.41. The van der Waals surface area contributed by atoms with Crippen LogP contribution in [0.5, 0.6) is 11.5 Å². The third-order valence-corrected chi connectivity index (χ3v) is 5.61. The first-order valence-electron chi connectivity index (χ1n) is 8.46. The molecule has 0 spiro atoms. The average Bonchev–Trinajstić information content (AvgIpc) is 3.33. The van der Waals surface area contributed by atoms with Gasteiger partial charge in [0.05, 0.1) is 30.1 Å². The highest BCUT2D eigenvalue weighted by Crippen LogP contribution is 2.41. The molecule has 1 saturated heterocycles. The van der Waals surface area contributed by atoms with Crippen molar-refractivity contribution in [1.29, 1.82) is 0 Å². The van der Waals surface area contributed by atoms with Gasteiger partial charge in [0.2, 0.25) is 0 Å². The molecule has 3 heterocycles. The smallest absolute Gasteiger partial charge is 0.128 e. The third kappa shape index (κ3) is 2.77. The Hall–Kier alpha value is -2.44. The maximum atomic E-state index is 6.10. The monoisotopic (exact) mass is 350 g/mol. The standard InChI is InChI=1S/C19H18N4OS/c1-3-13(16-11-20-12-21-16)9-14(4-1)24-15-6-7-17-18(10-15)25-22-19-5-2-8-23(17)19/h1,3-4,6-7,9-12,19,22H,2,5,8H2,(H,20,21). The third-order valence-electron chi connectivity index (χ3n) is 4.68. The maximum absolute atomic E-state index is 6.10. The highest BCUT2D eigenvalue weighted by atomic mass is 32.2. The average molecular weight is 350 g/mol. The van der Waals surface area contributed by atoms with Crippen LogP contribution >= 0.6 is 11.9 Å². The zero-order chi connectivity index (χ0) is 16.6. The predicted molar refractivity (Wildman–Crippen MR) is 99.9 cm³/mol. The number of ether oxygens (including phenoxy) is 1. The molecular weight excluding hydrogens is 332 g/mol. The number of imidazole rings is 1. The molecular formula is C19H18N4OS. The topological polar surface area (TPSA) is 53.2 Å². The van der Waals surface area contributed by atoms with E-state index in [1.165, 1.54) is 23.4 Å². The van der Waals surface area contributed by atoms with Crippen molar-refractivity contribution in [3.63, 3.8) is 0 Å². The van der Waals surface area contributed by atoms with E-state index in [0.717, 1.165) is 29.3 Å². The molecule has 126 valence electrons. The van der Waals surface area contributed by atoms with E-state index in [1.54, 1.807) is 18.3 Å². The Morgan fingerprint density at radius 1 is 1.16 bits per heavy atom. The molecule has 25 heavy (non-hydrogen) atoms. The van der Waals surface area contributed by atoms with Gasteiger partial charge >= 0.3 is 0 Å². The number of aromatic nitrogens is 2. The summed E-state index contributed by atoms with van der Waals surface area (Å²) >= 11 is 1.71. The number of anilines is 1. The van der Waals surface area contributed by atoms with E-state index in [9.17, 15) is 0 Å². The van der Waals surface area contributed by atoms with Crippen molar-refractivity contribution < 1.29 is 4.74 Å². The Morgan fingerprint density at radius 3 is 3.04 bits per heavy atom. The highest BCUT2D eigenvalue weighted by Gasteiger charge is 2.30. The lowest BCUT2D eigenvalue weighted by molar-refractivity contribution is 0.481. The lowest BCUT2D eigenvalue weighted by Crippen LogP contribution is -2.41. The van der Waals surface area contributed by atoms with Gasteiger partial charge in [0, 0.05) is 17.0 Å². The number of benzene rings is 2. The molecule has 5 nitrogen and oxygen atoms in total. The second-order valence-corrected chi connectivity index (χ2v) is 7.18. The van der Waals surface area contributed by atoms with Crippen molar-refractivity contribution in [3.05, 3.63) is 55.0 Å². The highest BCUT2D eigenvalue weighted by molar-refractivity contribution is 7.97. The van der Waals surface area contributed by atoms with E-state index in [1.807, 2.05) is 30.5 Å². The lowest BCUT2D eigenvalue weighted by Gasteiger charge is -2.33. The molecule has 0 bridgehead atoms. The number of aromatic amines is 1. The van der Waals surface area contributed by atoms with Crippen LogP contribution in [0.2, 0.25) is 0 Å². The molecule has 6 heteroatoms. The van der Waals surface area contributed by atoms with Crippen LogP contribution in [0.1, 0.15) is 12.8 Å². The van der Waals surface area contributed by atoms with E-state index in [2.05, 4.69) is 37.8 Å². The van der Waals surface area contributed by atoms with Gasteiger partial charge in [-0.05, 0) is 55.1 Å². The van der Waals surface area contributed by atoms with Crippen LogP contribution in [0.3, 0.4) is 0 Å². The molecule has 1 fully saturated rings. The minimum Gasteiger partial charge on any atom is -0.457 e. The van der Waals surface area contributed by atoms with Gasteiger partial charge in [0.1, 0.15) is 11.5 Å². The summed E-state index contributed by atoms with van der Waals surface area (Å²) in [7, 11) is 0. The molecule has 2 aliphatic rings. The summed E-state index contributed by atoms with van der Waals surface area (Å²) in [5.74, 6) is 1.67. The van der Waals surface area contributed by atoms with Crippen molar-refractivity contribution in [3.8, 4) is 22.8 Å². The van der Waals surface area contributed by atoms with E-state index >= 15 is 0 Å². The number of rotatable bonds is 3. The van der Waals surface area contributed by atoms with Gasteiger partial charge in [-0.2, -0.15) is 0 Å². The fourth-order valence-corrected chi connectivity index (χ4v) is 4.44. The Labute approximate surface area is 150 Å². The zero-order valence-electron chi connectivity index (χ0n) is 13.6. The van der Waals surface area contributed by atoms with Gasteiger partial charge in [0.25, 0.3) is 0 Å². The molecule has 1 atom stereocenters. The summed E-state index contributed by atoms with van der Waals surface area (Å²) in [5.41, 5.74) is 3.35. The van der Waals surface area contributed by atoms with Gasteiger partial charge in [-0.25, -0.2) is 9.71 Å². The lowest BCUT2D eigenvalue weighted by atomic mass is 10.1. The van der Waals surface area contributed by atoms with Crippen molar-refractivity contribution in [2.24, 2.45) is 0 Å². The molecule has 5 rings (SSSR count). The number of nitrogens with zero attached hydrogens (tertiary/aromatic N) is 2. The van der Waals surface area contributed by atoms with Crippen molar-refractivity contribution in [1.82, 2.24) is 14.7 Å². The van der Waals surface area contributed by atoms with Crippen LogP contribution in [0.4, 0.5) is 5.69 Å². The summed E-state index contributed by atoms with van der Waals surface area (Å²) in [4.78, 5) is 10.9. The zero-order valence-corrected chi connectivity index (χ0v) is 14.4. The molecule has 3 aromatic rings. The van der Waals surface area contributed by atoms with E-state index in [0.29, 0.717) is 6.17 Å². The van der Waals surface area contributed by atoms with Crippen LogP contribution in [-0.4, -0.2) is 22.7 Å². The van der Waals surface area contributed by atoms with Gasteiger partial charge in [-0.3, -0.25) is 0 Å². The van der Waals surface area contributed by atoms with Crippen molar-refractivity contribution >= 4 is 17.6 Å². The molecule has 2 aromatic carbocycles. The summed E-state index contributed by atoms with van der Waals surface area (Å²) in [6.45, 7) is 1.12. The first-order valence-corrected chi connectivity index (χ1v) is 9.28. The SMILES string of the molecule is c1cc(Oc2ccc3c(c2)SNC2CCCN32)cc(-c2cnc[nH]2)c1. The van der Waals surface area contributed by atoms with Gasteiger partial charge in [-0.15, -0.1) is 0 Å². The number of hydrogen-bond acceptors (Lipinski definition) is 5. The van der Waals surface area contributed by atoms with E-state index in [-0.39, 0.29) is 0 Å². The largest absolute Gasteiger partial charge is 0.457 e. The van der Waals surface area contributed by atoms with Crippen LogP contribution in [0, 0.1) is 0 Å². The van der Waals surface area contributed by atoms with Crippen molar-refractivity contribution in [2.75, 3.05) is 11.4 Å². The Bertz CT molecular complexity index is 896. The minimum atomic E-state index is 0.468. The number of hydrogen-bond donors (Lipinski definition) is 2. The number of fused-ring (bicyclic) bond motifs is 3. The quantitative estimate of drug-likeness (QED) is 0.686. The van der Waals surface area contributed by atoms with Gasteiger partial charge in [-0.1, -0.05) is 12.1 Å². The Morgan fingerprint density at radius 2 is 2.12 bits per heavy atom. The summed E-state index contributed by atoms with van der Waals surface area (Å²) in [5, 5.41) is 0. The Kier molecular flexibility index (Phi) is 3.64. The maximum Gasteiger partial charge on any atom is 0.128 e. The molecule has 0 radical (unpaired) electrons. The second kappa shape index (κ2) is 6.13. The van der Waals surface area contributed by atoms with Crippen molar-refractivity contribution in [2.45, 2.75) is 23.9 Å². The van der Waals surface area contributed by atoms with Crippen LogP contribution in [0.25, 0.3) is 11.3 Å². The van der Waals surface area contributed by atoms with Crippen LogP contribution in [-0.2, 0) is 0 Å². The van der Waals surface area contributed by atoms with Crippen LogP contribution in [0.15, 0.2) is 59.9 Å². The number of H-pyrrole nitrogens is 1. The van der Waals surface area contributed by atoms with E-state index < -0.39 is 0 Å². The molecule has 0 amide bonds. The molecule has 0 saturated carbocycles. The molecule has 2 N–H and O–H groups in total. The predicted octanol–water partition coefficient (Wildman–Crippen LogP) is 4.41. The first-order chi connectivity index (χ1) is 12.4.